The summed E-state index contributed by atoms with van der Waals surface area (Å²) in [5.74, 6) is 0.770. The monoisotopic (exact) mass is 283 g/mol. The zero-order valence-electron chi connectivity index (χ0n) is 13.4. The van der Waals surface area contributed by atoms with Gasteiger partial charge in [-0.3, -0.25) is 0 Å². The lowest BCUT2D eigenvalue weighted by Crippen LogP contribution is -2.48. The molecule has 2 rings (SSSR count). The van der Waals surface area contributed by atoms with Crippen molar-refractivity contribution in [2.45, 2.75) is 89.4 Å². The highest BCUT2D eigenvalue weighted by atomic mass is 16.5. The fourth-order valence-corrected chi connectivity index (χ4v) is 3.96. The molecule has 2 aliphatic rings. The summed E-state index contributed by atoms with van der Waals surface area (Å²) in [6.45, 7) is 6.06. The molecule has 1 saturated heterocycles. The van der Waals surface area contributed by atoms with E-state index in [1.807, 2.05) is 0 Å². The van der Waals surface area contributed by atoms with Crippen LogP contribution in [0, 0.1) is 5.92 Å². The quantitative estimate of drug-likeness (QED) is 0.753. The molecular formula is C17H33NO2. The van der Waals surface area contributed by atoms with Gasteiger partial charge < -0.3 is 15.2 Å². The van der Waals surface area contributed by atoms with Gasteiger partial charge in [0.1, 0.15) is 0 Å². The average Bonchev–Trinajstić information content (AvgIpc) is 2.98. The van der Waals surface area contributed by atoms with Gasteiger partial charge in [0.25, 0.3) is 0 Å². The largest absolute Gasteiger partial charge is 0.392 e. The molecule has 0 aromatic carbocycles. The van der Waals surface area contributed by atoms with Gasteiger partial charge in [-0.05, 0) is 38.0 Å². The van der Waals surface area contributed by atoms with Gasteiger partial charge in [-0.2, -0.15) is 0 Å². The van der Waals surface area contributed by atoms with Gasteiger partial charge in [0.05, 0.1) is 11.7 Å². The van der Waals surface area contributed by atoms with E-state index >= 15 is 0 Å². The summed E-state index contributed by atoms with van der Waals surface area (Å²) in [4.78, 5) is 0. The predicted molar refractivity (Wildman–Crippen MR) is 82.9 cm³/mol. The summed E-state index contributed by atoms with van der Waals surface area (Å²) in [6.07, 6.45) is 10.5. The van der Waals surface area contributed by atoms with Gasteiger partial charge in [-0.1, -0.05) is 39.5 Å². The fourth-order valence-electron chi connectivity index (χ4n) is 3.96. The van der Waals surface area contributed by atoms with Crippen LogP contribution < -0.4 is 5.32 Å². The predicted octanol–water partition coefficient (Wildman–Crippen LogP) is 3.26. The number of ether oxygens (including phenoxy) is 1. The lowest BCUT2D eigenvalue weighted by atomic mass is 9.86. The number of rotatable bonds is 7. The Morgan fingerprint density at radius 1 is 1.20 bits per heavy atom. The topological polar surface area (TPSA) is 41.5 Å². The molecule has 1 aliphatic heterocycles. The molecule has 1 aliphatic carbocycles. The van der Waals surface area contributed by atoms with E-state index in [0.717, 1.165) is 51.2 Å². The first-order valence-corrected chi connectivity index (χ1v) is 8.73. The minimum absolute atomic E-state index is 0.0757. The van der Waals surface area contributed by atoms with Crippen LogP contribution in [0.2, 0.25) is 0 Å². The van der Waals surface area contributed by atoms with Gasteiger partial charge in [-0.15, -0.1) is 0 Å². The van der Waals surface area contributed by atoms with E-state index in [1.54, 1.807) is 0 Å². The summed E-state index contributed by atoms with van der Waals surface area (Å²) >= 11 is 0. The Morgan fingerprint density at radius 2 is 1.90 bits per heavy atom. The van der Waals surface area contributed by atoms with Gasteiger partial charge in [-0.25, -0.2) is 0 Å². The van der Waals surface area contributed by atoms with Crippen LogP contribution in [-0.2, 0) is 4.74 Å². The van der Waals surface area contributed by atoms with Crippen molar-refractivity contribution in [2.75, 3.05) is 13.2 Å². The molecule has 3 nitrogen and oxygen atoms in total. The minimum atomic E-state index is -0.168. The van der Waals surface area contributed by atoms with Gasteiger partial charge in [0.15, 0.2) is 0 Å². The second-order valence-corrected chi connectivity index (χ2v) is 6.88. The molecule has 0 amide bonds. The van der Waals surface area contributed by atoms with E-state index in [-0.39, 0.29) is 11.7 Å². The molecular weight excluding hydrogens is 250 g/mol. The highest BCUT2D eigenvalue weighted by Crippen LogP contribution is 2.32. The molecule has 2 unspecified atom stereocenters. The van der Waals surface area contributed by atoms with Crippen molar-refractivity contribution in [1.82, 2.24) is 5.32 Å². The highest BCUT2D eigenvalue weighted by Gasteiger charge is 2.34. The maximum Gasteiger partial charge on any atom is 0.0692 e. The Labute approximate surface area is 124 Å². The van der Waals surface area contributed by atoms with Crippen LogP contribution in [0.4, 0.5) is 0 Å². The Kier molecular flexibility index (Phi) is 6.31. The number of hydrogen-bond donors (Lipinski definition) is 2. The molecule has 20 heavy (non-hydrogen) atoms. The van der Waals surface area contributed by atoms with E-state index in [4.69, 9.17) is 4.74 Å². The van der Waals surface area contributed by atoms with Crippen molar-refractivity contribution in [1.29, 1.82) is 0 Å². The lowest BCUT2D eigenvalue weighted by Gasteiger charge is -2.40. The molecule has 0 bridgehead atoms. The molecule has 1 saturated carbocycles. The number of aliphatic hydroxyl groups is 1. The summed E-state index contributed by atoms with van der Waals surface area (Å²) in [5.41, 5.74) is 0.0757. The molecule has 0 spiro atoms. The Balaban J connectivity index is 1.70. The summed E-state index contributed by atoms with van der Waals surface area (Å²) in [7, 11) is 0. The van der Waals surface area contributed by atoms with Crippen LogP contribution in [0.25, 0.3) is 0 Å². The third-order valence-corrected chi connectivity index (χ3v) is 5.50. The number of nitrogens with one attached hydrogen (secondary N) is 1. The van der Waals surface area contributed by atoms with Gasteiger partial charge >= 0.3 is 0 Å². The van der Waals surface area contributed by atoms with Crippen molar-refractivity contribution in [3.8, 4) is 0 Å². The fraction of sp³-hybridized carbons (Fsp3) is 1.00. The molecule has 0 aromatic rings. The average molecular weight is 283 g/mol. The van der Waals surface area contributed by atoms with E-state index in [1.165, 1.54) is 25.7 Å². The van der Waals surface area contributed by atoms with Crippen molar-refractivity contribution in [3.63, 3.8) is 0 Å². The van der Waals surface area contributed by atoms with E-state index in [9.17, 15) is 5.11 Å². The Morgan fingerprint density at radius 3 is 2.55 bits per heavy atom. The summed E-state index contributed by atoms with van der Waals surface area (Å²) in [5, 5.41) is 13.8. The van der Waals surface area contributed by atoms with Crippen LogP contribution in [0.1, 0.15) is 71.6 Å². The molecule has 2 atom stereocenters. The zero-order valence-corrected chi connectivity index (χ0v) is 13.4. The van der Waals surface area contributed by atoms with Crippen molar-refractivity contribution in [3.05, 3.63) is 0 Å². The standard InChI is InChI=1S/C17H33NO2/c1-3-17(4-2)12-15(9-10-20-17)18-13-16(19)11-14-7-5-6-8-14/h14-16,18-19H,3-13H2,1-2H3. The van der Waals surface area contributed by atoms with Gasteiger partial charge in [0.2, 0.25) is 0 Å². The summed E-state index contributed by atoms with van der Waals surface area (Å²) in [6, 6.07) is 0.516. The van der Waals surface area contributed by atoms with Crippen LogP contribution >= 0.6 is 0 Å². The molecule has 0 aromatic heterocycles. The van der Waals surface area contributed by atoms with Gasteiger partial charge in [0, 0.05) is 19.2 Å². The first-order chi connectivity index (χ1) is 9.67. The maximum atomic E-state index is 10.2. The number of aliphatic hydroxyl groups excluding tert-OH is 1. The second-order valence-electron chi connectivity index (χ2n) is 6.88. The lowest BCUT2D eigenvalue weighted by molar-refractivity contribution is -0.0938. The molecule has 3 heteroatoms. The SMILES string of the molecule is CCC1(CC)CC(NCC(O)CC2CCCC2)CCO1. The minimum Gasteiger partial charge on any atom is -0.392 e. The van der Waals surface area contributed by atoms with Crippen LogP contribution in [-0.4, -0.2) is 36.0 Å². The van der Waals surface area contributed by atoms with Crippen LogP contribution in [0.3, 0.4) is 0 Å². The maximum absolute atomic E-state index is 10.2. The molecule has 2 fully saturated rings. The Bertz CT molecular complexity index is 272. The van der Waals surface area contributed by atoms with Crippen LogP contribution in [0.5, 0.6) is 0 Å². The zero-order chi connectivity index (χ0) is 14.4. The summed E-state index contributed by atoms with van der Waals surface area (Å²) < 4.78 is 6.01. The first-order valence-electron chi connectivity index (χ1n) is 8.73. The first kappa shape index (κ1) is 16.3. The highest BCUT2D eigenvalue weighted by molar-refractivity contribution is 4.88. The van der Waals surface area contributed by atoms with E-state index < -0.39 is 0 Å². The van der Waals surface area contributed by atoms with E-state index in [2.05, 4.69) is 19.2 Å². The smallest absolute Gasteiger partial charge is 0.0692 e. The third kappa shape index (κ3) is 4.44. The van der Waals surface area contributed by atoms with E-state index in [0.29, 0.717) is 6.04 Å². The molecule has 1 heterocycles. The normalized spacial score (nSPS) is 28.6. The third-order valence-electron chi connectivity index (χ3n) is 5.50. The molecule has 0 radical (unpaired) electrons. The van der Waals surface area contributed by atoms with Crippen molar-refractivity contribution >= 4 is 0 Å². The number of hydrogen-bond acceptors (Lipinski definition) is 3. The Hall–Kier alpha value is -0.120. The molecule has 118 valence electrons. The van der Waals surface area contributed by atoms with Crippen molar-refractivity contribution in [2.24, 2.45) is 5.92 Å². The second kappa shape index (κ2) is 7.77. The van der Waals surface area contributed by atoms with Crippen molar-refractivity contribution < 1.29 is 9.84 Å². The molecule has 2 N–H and O–H groups in total. The van der Waals surface area contributed by atoms with Crippen LogP contribution in [0.15, 0.2) is 0 Å².